The molecule has 116 valence electrons. The predicted octanol–water partition coefficient (Wildman–Crippen LogP) is 3.21. The van der Waals surface area contributed by atoms with Gasteiger partial charge in [-0.3, -0.25) is 4.79 Å². The third-order valence-corrected chi connectivity index (χ3v) is 3.32. The van der Waals surface area contributed by atoms with Crippen LogP contribution in [0.15, 0.2) is 24.3 Å². The molecule has 0 bridgehead atoms. The van der Waals surface area contributed by atoms with Gasteiger partial charge in [0.05, 0.1) is 0 Å². The van der Waals surface area contributed by atoms with E-state index < -0.39 is 12.0 Å². The standard InChI is InChI=1S/C17H25NO3/c1-11(2)10-14(16(20)21)18-15(19)12-6-8-13(9-7-12)17(3,4)5/h6-9,11,14H,10H2,1-5H3,(H,18,19)(H,20,21)/t14-/m1/s1. The zero-order chi connectivity index (χ0) is 16.2. The van der Waals surface area contributed by atoms with E-state index in [9.17, 15) is 9.59 Å². The highest BCUT2D eigenvalue weighted by Gasteiger charge is 2.22. The molecule has 1 aromatic rings. The summed E-state index contributed by atoms with van der Waals surface area (Å²) in [7, 11) is 0. The number of carboxylic acids is 1. The second kappa shape index (κ2) is 6.74. The Balaban J connectivity index is 2.81. The van der Waals surface area contributed by atoms with Gasteiger partial charge in [-0.05, 0) is 35.4 Å². The summed E-state index contributed by atoms with van der Waals surface area (Å²) in [6.45, 7) is 10.2. The number of aliphatic carboxylic acids is 1. The fourth-order valence-corrected chi connectivity index (χ4v) is 2.06. The summed E-state index contributed by atoms with van der Waals surface area (Å²) >= 11 is 0. The molecule has 0 aliphatic carbocycles. The lowest BCUT2D eigenvalue weighted by Gasteiger charge is -2.20. The van der Waals surface area contributed by atoms with Crippen molar-refractivity contribution in [1.82, 2.24) is 5.32 Å². The molecule has 2 N–H and O–H groups in total. The Morgan fingerprint density at radius 3 is 2.05 bits per heavy atom. The van der Waals surface area contributed by atoms with Gasteiger partial charge in [-0.2, -0.15) is 0 Å². The molecule has 21 heavy (non-hydrogen) atoms. The van der Waals surface area contributed by atoms with Crippen LogP contribution >= 0.6 is 0 Å². The fraction of sp³-hybridized carbons (Fsp3) is 0.529. The molecule has 4 nitrogen and oxygen atoms in total. The van der Waals surface area contributed by atoms with E-state index in [1.807, 2.05) is 26.0 Å². The van der Waals surface area contributed by atoms with E-state index in [0.29, 0.717) is 12.0 Å². The van der Waals surface area contributed by atoms with E-state index in [4.69, 9.17) is 5.11 Å². The van der Waals surface area contributed by atoms with Crippen LogP contribution in [0.5, 0.6) is 0 Å². The van der Waals surface area contributed by atoms with E-state index >= 15 is 0 Å². The van der Waals surface area contributed by atoms with Crippen LogP contribution in [0.25, 0.3) is 0 Å². The van der Waals surface area contributed by atoms with Gasteiger partial charge in [-0.25, -0.2) is 4.79 Å². The molecule has 0 aliphatic rings. The van der Waals surface area contributed by atoms with Crippen LogP contribution in [0.4, 0.5) is 0 Å². The maximum absolute atomic E-state index is 12.1. The molecule has 0 unspecified atom stereocenters. The van der Waals surface area contributed by atoms with Gasteiger partial charge in [-0.1, -0.05) is 46.8 Å². The molecule has 1 amide bonds. The fourth-order valence-electron chi connectivity index (χ4n) is 2.06. The third-order valence-electron chi connectivity index (χ3n) is 3.32. The molecule has 4 heteroatoms. The van der Waals surface area contributed by atoms with Crippen LogP contribution in [0, 0.1) is 5.92 Å². The average molecular weight is 291 g/mol. The van der Waals surface area contributed by atoms with Crippen molar-refractivity contribution in [1.29, 1.82) is 0 Å². The van der Waals surface area contributed by atoms with E-state index in [1.165, 1.54) is 0 Å². The Morgan fingerprint density at radius 1 is 1.14 bits per heavy atom. The number of nitrogens with one attached hydrogen (secondary N) is 1. The van der Waals surface area contributed by atoms with Crippen molar-refractivity contribution in [2.45, 2.75) is 52.5 Å². The van der Waals surface area contributed by atoms with Crippen LogP contribution in [0.1, 0.15) is 57.0 Å². The molecule has 0 saturated carbocycles. The van der Waals surface area contributed by atoms with Crippen molar-refractivity contribution < 1.29 is 14.7 Å². The number of carbonyl (C=O) groups excluding carboxylic acids is 1. The minimum absolute atomic E-state index is 0.0241. The SMILES string of the molecule is CC(C)C[C@@H](NC(=O)c1ccc(C(C)(C)C)cc1)C(=O)O. The van der Waals surface area contributed by atoms with Crippen LogP contribution in [0.2, 0.25) is 0 Å². The lowest BCUT2D eigenvalue weighted by atomic mass is 9.86. The third kappa shape index (κ3) is 5.21. The van der Waals surface area contributed by atoms with Gasteiger partial charge >= 0.3 is 5.97 Å². The predicted molar refractivity (Wildman–Crippen MR) is 83.5 cm³/mol. The summed E-state index contributed by atoms with van der Waals surface area (Å²) in [6.07, 6.45) is 0.418. The highest BCUT2D eigenvalue weighted by atomic mass is 16.4. The van der Waals surface area contributed by atoms with Gasteiger partial charge in [0.15, 0.2) is 0 Å². The highest BCUT2D eigenvalue weighted by molar-refractivity contribution is 5.96. The Kier molecular flexibility index (Phi) is 5.53. The van der Waals surface area contributed by atoms with Crippen LogP contribution in [-0.2, 0) is 10.2 Å². The highest BCUT2D eigenvalue weighted by Crippen LogP contribution is 2.22. The molecule has 0 aromatic heterocycles. The maximum Gasteiger partial charge on any atom is 0.326 e. The van der Waals surface area contributed by atoms with Crippen LogP contribution in [-0.4, -0.2) is 23.0 Å². The van der Waals surface area contributed by atoms with E-state index in [-0.39, 0.29) is 17.2 Å². The first-order valence-electron chi connectivity index (χ1n) is 7.25. The molecule has 0 saturated heterocycles. The topological polar surface area (TPSA) is 66.4 Å². The van der Waals surface area contributed by atoms with E-state index in [0.717, 1.165) is 5.56 Å². The molecule has 1 atom stereocenters. The summed E-state index contributed by atoms with van der Waals surface area (Å²) in [6, 6.07) is 6.45. The second-order valence-corrected chi connectivity index (χ2v) is 6.82. The number of carbonyl (C=O) groups is 2. The molecule has 1 aromatic carbocycles. The van der Waals surface area contributed by atoms with Crippen molar-refractivity contribution in [3.05, 3.63) is 35.4 Å². The number of benzene rings is 1. The van der Waals surface area contributed by atoms with Crippen LogP contribution in [0.3, 0.4) is 0 Å². The summed E-state index contributed by atoms with van der Waals surface area (Å²) in [5, 5.41) is 11.7. The number of hydrogen-bond acceptors (Lipinski definition) is 2. The lowest BCUT2D eigenvalue weighted by molar-refractivity contribution is -0.139. The van der Waals surface area contributed by atoms with Crippen molar-refractivity contribution in [3.63, 3.8) is 0 Å². The summed E-state index contributed by atoms with van der Waals surface area (Å²) in [4.78, 5) is 23.3. The Bertz CT molecular complexity index is 498. The van der Waals surface area contributed by atoms with Gasteiger partial charge in [0.2, 0.25) is 0 Å². The number of rotatable bonds is 5. The molecular weight excluding hydrogens is 266 g/mol. The Hall–Kier alpha value is -1.84. The molecule has 1 rings (SSSR count). The first kappa shape index (κ1) is 17.2. The van der Waals surface area contributed by atoms with Gasteiger partial charge in [0, 0.05) is 5.56 Å². The Morgan fingerprint density at radius 2 is 1.67 bits per heavy atom. The number of hydrogen-bond donors (Lipinski definition) is 2. The lowest BCUT2D eigenvalue weighted by Crippen LogP contribution is -2.41. The van der Waals surface area contributed by atoms with Crippen molar-refractivity contribution in [3.8, 4) is 0 Å². The molecule has 0 radical (unpaired) electrons. The van der Waals surface area contributed by atoms with Crippen LogP contribution < -0.4 is 5.32 Å². The van der Waals surface area contributed by atoms with Crippen molar-refractivity contribution in [2.24, 2.45) is 5.92 Å². The van der Waals surface area contributed by atoms with Gasteiger partial charge in [0.25, 0.3) is 5.91 Å². The first-order valence-corrected chi connectivity index (χ1v) is 7.25. The molecule has 0 fully saturated rings. The minimum Gasteiger partial charge on any atom is -0.480 e. The smallest absolute Gasteiger partial charge is 0.326 e. The zero-order valence-electron chi connectivity index (χ0n) is 13.4. The molecule has 0 heterocycles. The summed E-state index contributed by atoms with van der Waals surface area (Å²) in [5.41, 5.74) is 1.64. The largest absolute Gasteiger partial charge is 0.480 e. The van der Waals surface area contributed by atoms with Crippen molar-refractivity contribution in [2.75, 3.05) is 0 Å². The van der Waals surface area contributed by atoms with E-state index in [2.05, 4.69) is 26.1 Å². The quantitative estimate of drug-likeness (QED) is 0.875. The molecular formula is C17H25NO3. The second-order valence-electron chi connectivity index (χ2n) is 6.82. The first-order chi connectivity index (χ1) is 9.61. The monoisotopic (exact) mass is 291 g/mol. The van der Waals surface area contributed by atoms with Gasteiger partial charge in [-0.15, -0.1) is 0 Å². The summed E-state index contributed by atoms with van der Waals surface area (Å²) in [5.74, 6) is -1.14. The average Bonchev–Trinajstić information content (AvgIpc) is 2.36. The zero-order valence-corrected chi connectivity index (χ0v) is 13.4. The number of carboxylic acid groups (broad SMARTS) is 1. The van der Waals surface area contributed by atoms with Gasteiger partial charge < -0.3 is 10.4 Å². The maximum atomic E-state index is 12.1. The van der Waals surface area contributed by atoms with E-state index in [1.54, 1.807) is 12.1 Å². The van der Waals surface area contributed by atoms with Gasteiger partial charge in [0.1, 0.15) is 6.04 Å². The molecule has 0 aliphatic heterocycles. The normalized spacial score (nSPS) is 13.0. The Labute approximate surface area is 126 Å². The molecule has 0 spiro atoms. The number of amides is 1. The van der Waals surface area contributed by atoms with Crippen molar-refractivity contribution >= 4 is 11.9 Å². The minimum atomic E-state index is -0.997. The summed E-state index contributed by atoms with van der Waals surface area (Å²) < 4.78 is 0.